The first-order valence-electron chi connectivity index (χ1n) is 10.5. The van der Waals surface area contributed by atoms with E-state index in [9.17, 15) is 9.59 Å². The predicted octanol–water partition coefficient (Wildman–Crippen LogP) is 2.59. The molecule has 1 aromatic heterocycles. The predicted molar refractivity (Wildman–Crippen MR) is 115 cm³/mol. The average Bonchev–Trinajstić information content (AvgIpc) is 3.05. The number of carbonyl (C=O) groups excluding carboxylic acids is 2. The molecule has 0 aliphatic carbocycles. The number of nitrogens with zero attached hydrogens (tertiary/aromatic N) is 4. The number of piperazine rings is 1. The van der Waals surface area contributed by atoms with E-state index >= 15 is 0 Å². The van der Waals surface area contributed by atoms with E-state index < -0.39 is 0 Å². The molecular formula is C23H32N4O3. The largest absolute Gasteiger partial charge is 0.497 e. The molecule has 0 saturated carbocycles. The number of methoxy groups -OCH3 is 1. The van der Waals surface area contributed by atoms with Crippen LogP contribution in [0.25, 0.3) is 0 Å². The Morgan fingerprint density at radius 1 is 1.07 bits per heavy atom. The molecule has 7 nitrogen and oxygen atoms in total. The van der Waals surface area contributed by atoms with Gasteiger partial charge in [0, 0.05) is 43.8 Å². The minimum absolute atomic E-state index is 0.0269. The van der Waals surface area contributed by atoms with Crippen molar-refractivity contribution < 1.29 is 14.3 Å². The van der Waals surface area contributed by atoms with Gasteiger partial charge in [-0.1, -0.05) is 12.1 Å². The molecule has 0 spiro atoms. The van der Waals surface area contributed by atoms with Gasteiger partial charge in [0.1, 0.15) is 5.75 Å². The number of aromatic nitrogens is 2. The summed E-state index contributed by atoms with van der Waals surface area (Å²) in [7, 11) is 1.62. The second-order valence-corrected chi connectivity index (χ2v) is 8.08. The van der Waals surface area contributed by atoms with Gasteiger partial charge in [0.2, 0.25) is 11.8 Å². The first kappa shape index (κ1) is 21.9. The van der Waals surface area contributed by atoms with Gasteiger partial charge in [-0.25, -0.2) is 0 Å². The SMILES string of the molecule is COc1cccc(CC(=O)N2CCN(C(=O)CCn3nc(C)cc3C)[C@H](C)[C@H]2C)c1. The van der Waals surface area contributed by atoms with Crippen molar-refractivity contribution in [3.63, 3.8) is 0 Å². The van der Waals surface area contributed by atoms with Crippen LogP contribution in [-0.4, -0.2) is 63.7 Å². The molecule has 3 rings (SSSR count). The van der Waals surface area contributed by atoms with Crippen LogP contribution in [0, 0.1) is 13.8 Å². The van der Waals surface area contributed by atoms with Gasteiger partial charge < -0.3 is 14.5 Å². The molecule has 1 aliphatic rings. The summed E-state index contributed by atoms with van der Waals surface area (Å²) in [5.41, 5.74) is 2.96. The van der Waals surface area contributed by atoms with E-state index in [2.05, 4.69) is 5.10 Å². The highest BCUT2D eigenvalue weighted by molar-refractivity contribution is 5.80. The summed E-state index contributed by atoms with van der Waals surface area (Å²) < 4.78 is 7.13. The lowest BCUT2D eigenvalue weighted by Gasteiger charge is -2.45. The van der Waals surface area contributed by atoms with E-state index in [0.29, 0.717) is 32.5 Å². The Bertz CT molecular complexity index is 908. The third kappa shape index (κ3) is 4.83. The van der Waals surface area contributed by atoms with E-state index in [-0.39, 0.29) is 23.9 Å². The van der Waals surface area contributed by atoms with Crippen molar-refractivity contribution in [2.75, 3.05) is 20.2 Å². The molecule has 0 unspecified atom stereocenters. The van der Waals surface area contributed by atoms with Crippen molar-refractivity contribution in [3.05, 3.63) is 47.3 Å². The molecule has 2 heterocycles. The highest BCUT2D eigenvalue weighted by Crippen LogP contribution is 2.21. The lowest BCUT2D eigenvalue weighted by atomic mass is 10.0. The zero-order valence-corrected chi connectivity index (χ0v) is 18.6. The molecule has 2 aromatic rings. The van der Waals surface area contributed by atoms with Gasteiger partial charge in [-0.05, 0) is 51.5 Å². The molecule has 2 atom stereocenters. The fourth-order valence-electron chi connectivity index (χ4n) is 4.15. The van der Waals surface area contributed by atoms with Crippen LogP contribution in [0.15, 0.2) is 30.3 Å². The number of carbonyl (C=O) groups is 2. The van der Waals surface area contributed by atoms with E-state index in [1.807, 2.05) is 72.5 Å². The monoisotopic (exact) mass is 412 g/mol. The molecule has 0 radical (unpaired) electrons. The zero-order chi connectivity index (χ0) is 21.8. The summed E-state index contributed by atoms with van der Waals surface area (Å²) >= 11 is 0. The van der Waals surface area contributed by atoms with Gasteiger partial charge in [0.05, 0.1) is 19.2 Å². The normalized spacial score (nSPS) is 19.1. The standard InChI is InChI=1S/C23H32N4O3/c1-16-13-17(2)27(24-16)10-9-22(28)25-11-12-26(19(4)18(25)3)23(29)15-20-7-6-8-21(14-20)30-5/h6-8,13-14,18-19H,9-12,15H2,1-5H3/t18-,19-/m1/s1. The van der Waals surface area contributed by atoms with Gasteiger partial charge >= 0.3 is 0 Å². The van der Waals surface area contributed by atoms with E-state index in [0.717, 1.165) is 22.7 Å². The maximum absolute atomic E-state index is 12.9. The number of hydrogen-bond acceptors (Lipinski definition) is 4. The van der Waals surface area contributed by atoms with Crippen LogP contribution < -0.4 is 4.74 Å². The van der Waals surface area contributed by atoms with E-state index in [1.165, 1.54) is 0 Å². The molecule has 1 fully saturated rings. The van der Waals surface area contributed by atoms with Crippen LogP contribution in [0.5, 0.6) is 5.75 Å². The number of benzene rings is 1. The Morgan fingerprint density at radius 2 is 1.73 bits per heavy atom. The minimum atomic E-state index is -0.0329. The third-order valence-electron chi connectivity index (χ3n) is 6.03. The van der Waals surface area contributed by atoms with Gasteiger partial charge in [0.15, 0.2) is 0 Å². The highest BCUT2D eigenvalue weighted by atomic mass is 16.5. The first-order chi connectivity index (χ1) is 14.3. The summed E-state index contributed by atoms with van der Waals surface area (Å²) in [5.74, 6) is 0.943. The lowest BCUT2D eigenvalue weighted by molar-refractivity contribution is -0.146. The van der Waals surface area contributed by atoms with Crippen molar-refractivity contribution in [1.29, 1.82) is 0 Å². The topological polar surface area (TPSA) is 67.7 Å². The Morgan fingerprint density at radius 3 is 2.33 bits per heavy atom. The third-order valence-corrected chi connectivity index (χ3v) is 6.03. The van der Waals surface area contributed by atoms with Crippen molar-refractivity contribution in [3.8, 4) is 5.75 Å². The number of hydrogen-bond donors (Lipinski definition) is 0. The molecule has 1 aromatic carbocycles. The summed E-state index contributed by atoms with van der Waals surface area (Å²) in [6.07, 6.45) is 0.747. The lowest BCUT2D eigenvalue weighted by Crippen LogP contribution is -2.60. The second-order valence-electron chi connectivity index (χ2n) is 8.08. The average molecular weight is 413 g/mol. The number of amides is 2. The summed E-state index contributed by atoms with van der Waals surface area (Å²) in [6, 6.07) is 9.55. The molecule has 30 heavy (non-hydrogen) atoms. The van der Waals surface area contributed by atoms with Crippen molar-refractivity contribution in [1.82, 2.24) is 19.6 Å². The number of aryl methyl sites for hydroxylation is 3. The Balaban J connectivity index is 1.58. The van der Waals surface area contributed by atoms with E-state index in [4.69, 9.17) is 4.74 Å². The van der Waals surface area contributed by atoms with Crippen LogP contribution in [-0.2, 0) is 22.6 Å². The number of ether oxygens (including phenoxy) is 1. The Hall–Kier alpha value is -2.83. The van der Waals surface area contributed by atoms with Crippen molar-refractivity contribution in [2.45, 2.75) is 59.2 Å². The van der Waals surface area contributed by atoms with Crippen LogP contribution in [0.4, 0.5) is 0 Å². The molecule has 7 heteroatoms. The van der Waals surface area contributed by atoms with Gasteiger partial charge in [-0.2, -0.15) is 5.10 Å². The van der Waals surface area contributed by atoms with Gasteiger partial charge in [-0.3, -0.25) is 14.3 Å². The molecule has 162 valence electrons. The summed E-state index contributed by atoms with van der Waals surface area (Å²) in [5, 5.41) is 4.43. The maximum atomic E-state index is 12.9. The molecule has 1 saturated heterocycles. The summed E-state index contributed by atoms with van der Waals surface area (Å²) in [6.45, 7) is 9.70. The van der Waals surface area contributed by atoms with Crippen LogP contribution in [0.2, 0.25) is 0 Å². The molecule has 0 bridgehead atoms. The molecule has 0 N–H and O–H groups in total. The molecule has 2 amide bonds. The van der Waals surface area contributed by atoms with Crippen LogP contribution >= 0.6 is 0 Å². The Labute approximate surface area is 178 Å². The van der Waals surface area contributed by atoms with Crippen molar-refractivity contribution in [2.24, 2.45) is 0 Å². The quantitative estimate of drug-likeness (QED) is 0.731. The summed E-state index contributed by atoms with van der Waals surface area (Å²) in [4.78, 5) is 29.6. The van der Waals surface area contributed by atoms with Crippen LogP contribution in [0.3, 0.4) is 0 Å². The second kappa shape index (κ2) is 9.32. The molecular weight excluding hydrogens is 380 g/mol. The fraction of sp³-hybridized carbons (Fsp3) is 0.522. The van der Waals surface area contributed by atoms with Gasteiger partial charge in [-0.15, -0.1) is 0 Å². The van der Waals surface area contributed by atoms with Crippen molar-refractivity contribution >= 4 is 11.8 Å². The smallest absolute Gasteiger partial charge is 0.227 e. The minimum Gasteiger partial charge on any atom is -0.497 e. The number of rotatable bonds is 6. The zero-order valence-electron chi connectivity index (χ0n) is 18.6. The van der Waals surface area contributed by atoms with E-state index in [1.54, 1.807) is 7.11 Å². The highest BCUT2D eigenvalue weighted by Gasteiger charge is 2.35. The fourth-order valence-corrected chi connectivity index (χ4v) is 4.15. The first-order valence-corrected chi connectivity index (χ1v) is 10.5. The maximum Gasteiger partial charge on any atom is 0.227 e. The van der Waals surface area contributed by atoms with Gasteiger partial charge in [0.25, 0.3) is 0 Å². The van der Waals surface area contributed by atoms with Crippen LogP contribution in [0.1, 0.15) is 37.2 Å². The Kier molecular flexibility index (Phi) is 6.80. The molecule has 1 aliphatic heterocycles.